The lowest BCUT2D eigenvalue weighted by Crippen LogP contribution is -2.57. The predicted octanol–water partition coefficient (Wildman–Crippen LogP) is 0.834. The highest BCUT2D eigenvalue weighted by Gasteiger charge is 2.52. The van der Waals surface area contributed by atoms with Gasteiger partial charge in [-0.05, 0) is 38.0 Å². The van der Waals surface area contributed by atoms with Gasteiger partial charge in [0.15, 0.2) is 5.84 Å². The SMILES string of the molecule is CC1CC(C(=O)NCC2CCCCO2)(C(N)=NO)C1. The lowest BCUT2D eigenvalue weighted by atomic mass is 9.61. The van der Waals surface area contributed by atoms with Crippen molar-refractivity contribution in [3.63, 3.8) is 0 Å². The molecule has 0 radical (unpaired) electrons. The first kappa shape index (κ1) is 14.1. The van der Waals surface area contributed by atoms with E-state index in [-0.39, 0.29) is 17.8 Å². The third kappa shape index (κ3) is 2.83. The van der Waals surface area contributed by atoms with E-state index in [9.17, 15) is 4.79 Å². The average Bonchev–Trinajstić information content (AvgIpc) is 2.41. The molecule has 19 heavy (non-hydrogen) atoms. The van der Waals surface area contributed by atoms with Gasteiger partial charge in [0.2, 0.25) is 5.91 Å². The molecule has 6 nitrogen and oxygen atoms in total. The molecule has 1 atom stereocenters. The number of nitrogens with two attached hydrogens (primary N) is 1. The Morgan fingerprint density at radius 2 is 2.26 bits per heavy atom. The summed E-state index contributed by atoms with van der Waals surface area (Å²) >= 11 is 0. The number of nitrogens with zero attached hydrogens (tertiary/aromatic N) is 1. The highest BCUT2D eigenvalue weighted by molar-refractivity contribution is 6.07. The van der Waals surface area contributed by atoms with Crippen molar-refractivity contribution in [2.24, 2.45) is 22.2 Å². The molecule has 0 bridgehead atoms. The van der Waals surface area contributed by atoms with Gasteiger partial charge in [-0.25, -0.2) is 0 Å². The molecule has 4 N–H and O–H groups in total. The van der Waals surface area contributed by atoms with E-state index in [4.69, 9.17) is 15.7 Å². The number of oxime groups is 1. The molecule has 2 rings (SSSR count). The van der Waals surface area contributed by atoms with Gasteiger partial charge in [0.05, 0.1) is 6.10 Å². The van der Waals surface area contributed by atoms with Crippen molar-refractivity contribution < 1.29 is 14.7 Å². The van der Waals surface area contributed by atoms with Crippen molar-refractivity contribution in [2.45, 2.75) is 45.1 Å². The van der Waals surface area contributed by atoms with E-state index in [2.05, 4.69) is 17.4 Å². The van der Waals surface area contributed by atoms with E-state index >= 15 is 0 Å². The second kappa shape index (κ2) is 5.77. The maximum atomic E-state index is 12.3. The molecule has 0 spiro atoms. The number of carbonyl (C=O) groups excluding carboxylic acids is 1. The second-order valence-electron chi connectivity index (χ2n) is 5.78. The van der Waals surface area contributed by atoms with Crippen LogP contribution in [0.2, 0.25) is 0 Å². The van der Waals surface area contributed by atoms with Gasteiger partial charge in [-0.3, -0.25) is 4.79 Å². The van der Waals surface area contributed by atoms with Crippen LogP contribution in [0, 0.1) is 11.3 Å². The summed E-state index contributed by atoms with van der Waals surface area (Å²) in [4.78, 5) is 12.3. The predicted molar refractivity (Wildman–Crippen MR) is 70.8 cm³/mol. The Kier molecular flexibility index (Phi) is 4.29. The maximum Gasteiger partial charge on any atom is 0.234 e. The van der Waals surface area contributed by atoms with Gasteiger partial charge in [-0.2, -0.15) is 0 Å². The Labute approximate surface area is 113 Å². The van der Waals surface area contributed by atoms with Gasteiger partial charge in [-0.15, -0.1) is 0 Å². The Hall–Kier alpha value is -1.30. The lowest BCUT2D eigenvalue weighted by Gasteiger charge is -2.43. The highest BCUT2D eigenvalue weighted by Crippen LogP contribution is 2.45. The van der Waals surface area contributed by atoms with Crippen LogP contribution in [0.5, 0.6) is 0 Å². The van der Waals surface area contributed by atoms with Crippen LogP contribution < -0.4 is 11.1 Å². The van der Waals surface area contributed by atoms with Crippen molar-refractivity contribution in [2.75, 3.05) is 13.2 Å². The van der Waals surface area contributed by atoms with Crippen LogP contribution >= 0.6 is 0 Å². The van der Waals surface area contributed by atoms with Crippen LogP contribution in [0.15, 0.2) is 5.16 Å². The zero-order valence-corrected chi connectivity index (χ0v) is 11.4. The number of hydrogen-bond donors (Lipinski definition) is 3. The summed E-state index contributed by atoms with van der Waals surface area (Å²) < 4.78 is 5.58. The first-order valence-electron chi connectivity index (χ1n) is 6.96. The first-order valence-corrected chi connectivity index (χ1v) is 6.96. The molecular weight excluding hydrogens is 246 g/mol. The molecule has 2 fully saturated rings. The molecule has 1 unspecified atom stereocenters. The summed E-state index contributed by atoms with van der Waals surface area (Å²) in [5, 5.41) is 14.8. The van der Waals surface area contributed by atoms with Crippen molar-refractivity contribution in [1.82, 2.24) is 5.32 Å². The van der Waals surface area contributed by atoms with E-state index in [1.54, 1.807) is 0 Å². The molecule has 2 aliphatic rings. The van der Waals surface area contributed by atoms with Gasteiger partial charge in [0, 0.05) is 13.2 Å². The van der Waals surface area contributed by atoms with Crippen LogP contribution in [-0.2, 0) is 9.53 Å². The summed E-state index contributed by atoms with van der Waals surface area (Å²) in [5.41, 5.74) is 4.88. The zero-order valence-electron chi connectivity index (χ0n) is 11.4. The summed E-state index contributed by atoms with van der Waals surface area (Å²) in [6, 6.07) is 0. The Bertz CT molecular complexity index is 358. The molecule has 1 aliphatic carbocycles. The van der Waals surface area contributed by atoms with Crippen LogP contribution in [0.3, 0.4) is 0 Å². The smallest absolute Gasteiger partial charge is 0.234 e. The molecule has 1 amide bonds. The van der Waals surface area contributed by atoms with Crippen molar-refractivity contribution in [3.8, 4) is 0 Å². The highest BCUT2D eigenvalue weighted by atomic mass is 16.5. The number of hydrogen-bond acceptors (Lipinski definition) is 4. The quantitative estimate of drug-likeness (QED) is 0.305. The normalized spacial score (nSPS) is 35.5. The van der Waals surface area contributed by atoms with Gasteiger partial charge < -0.3 is 21.0 Å². The van der Waals surface area contributed by atoms with Gasteiger partial charge in [0.25, 0.3) is 0 Å². The Morgan fingerprint density at radius 3 is 2.79 bits per heavy atom. The molecule has 6 heteroatoms. The van der Waals surface area contributed by atoms with Crippen LogP contribution in [0.25, 0.3) is 0 Å². The number of nitrogens with one attached hydrogen (secondary N) is 1. The van der Waals surface area contributed by atoms with E-state index in [0.717, 1.165) is 25.9 Å². The summed E-state index contributed by atoms with van der Waals surface area (Å²) in [6.07, 6.45) is 4.59. The second-order valence-corrected chi connectivity index (χ2v) is 5.78. The monoisotopic (exact) mass is 269 g/mol. The molecule has 1 saturated heterocycles. The van der Waals surface area contributed by atoms with Crippen molar-refractivity contribution in [1.29, 1.82) is 0 Å². The molecule has 1 aliphatic heterocycles. The molecule has 0 aromatic heterocycles. The van der Waals surface area contributed by atoms with E-state index < -0.39 is 5.41 Å². The number of amides is 1. The molecule has 0 aromatic carbocycles. The fourth-order valence-corrected chi connectivity index (χ4v) is 3.08. The Balaban J connectivity index is 1.90. The minimum atomic E-state index is -0.817. The van der Waals surface area contributed by atoms with Crippen molar-refractivity contribution >= 4 is 11.7 Å². The number of ether oxygens (including phenoxy) is 1. The third-order valence-corrected chi connectivity index (χ3v) is 4.19. The first-order chi connectivity index (χ1) is 9.08. The zero-order chi connectivity index (χ0) is 13.9. The van der Waals surface area contributed by atoms with Crippen LogP contribution in [0.1, 0.15) is 39.0 Å². The maximum absolute atomic E-state index is 12.3. The molecule has 0 aromatic rings. The number of rotatable bonds is 4. The van der Waals surface area contributed by atoms with Gasteiger partial charge in [0.1, 0.15) is 5.41 Å². The molecule has 1 heterocycles. The molecular formula is C13H23N3O3. The lowest BCUT2D eigenvalue weighted by molar-refractivity contribution is -0.134. The van der Waals surface area contributed by atoms with E-state index in [1.807, 2.05) is 0 Å². The topological polar surface area (TPSA) is 96.9 Å². The third-order valence-electron chi connectivity index (χ3n) is 4.19. The average molecular weight is 269 g/mol. The van der Waals surface area contributed by atoms with Gasteiger partial charge >= 0.3 is 0 Å². The van der Waals surface area contributed by atoms with E-state index in [0.29, 0.717) is 25.3 Å². The minimum Gasteiger partial charge on any atom is -0.409 e. The van der Waals surface area contributed by atoms with Crippen molar-refractivity contribution in [3.05, 3.63) is 0 Å². The number of carbonyl (C=O) groups is 1. The fourth-order valence-electron chi connectivity index (χ4n) is 3.08. The van der Waals surface area contributed by atoms with Crippen LogP contribution in [-0.4, -0.2) is 36.2 Å². The Morgan fingerprint density at radius 1 is 1.53 bits per heavy atom. The number of amidine groups is 1. The summed E-state index contributed by atoms with van der Waals surface area (Å²) in [5.74, 6) is 0.305. The van der Waals surface area contributed by atoms with Crippen LogP contribution in [0.4, 0.5) is 0 Å². The minimum absolute atomic E-state index is 0.0210. The molecule has 108 valence electrons. The summed E-state index contributed by atoms with van der Waals surface area (Å²) in [7, 11) is 0. The molecule has 1 saturated carbocycles. The summed E-state index contributed by atoms with van der Waals surface area (Å²) in [6.45, 7) is 3.33. The van der Waals surface area contributed by atoms with Gasteiger partial charge in [-0.1, -0.05) is 12.1 Å². The largest absolute Gasteiger partial charge is 0.409 e. The van der Waals surface area contributed by atoms with E-state index in [1.165, 1.54) is 0 Å². The fraction of sp³-hybridized carbons (Fsp3) is 0.846. The standard InChI is InChI=1S/C13H23N3O3/c1-9-6-13(7-9,11(14)16-18)12(17)15-8-10-4-2-3-5-19-10/h9-10,18H,2-8H2,1H3,(H2,14,16)(H,15,17).